The van der Waals surface area contributed by atoms with E-state index in [0.29, 0.717) is 35.7 Å². The fourth-order valence-corrected chi connectivity index (χ4v) is 5.05. The van der Waals surface area contributed by atoms with Crippen molar-refractivity contribution in [1.82, 2.24) is 19.9 Å². The summed E-state index contributed by atoms with van der Waals surface area (Å²) in [4.78, 5) is 29.1. The molecule has 0 bridgehead atoms. The second-order valence-corrected chi connectivity index (χ2v) is 9.24. The zero-order valence-corrected chi connectivity index (χ0v) is 18.9. The molecule has 1 unspecified atom stereocenters. The number of thiazole rings is 1. The summed E-state index contributed by atoms with van der Waals surface area (Å²) in [5.41, 5.74) is 1.21. The summed E-state index contributed by atoms with van der Waals surface area (Å²) in [7, 11) is 0. The smallest absolute Gasteiger partial charge is 0.274 e. The topological polar surface area (TPSA) is 71.0 Å². The van der Waals surface area contributed by atoms with Gasteiger partial charge < -0.3 is 10.2 Å². The number of nitrogens with one attached hydrogen (secondary N) is 1. The van der Waals surface area contributed by atoms with Crippen molar-refractivity contribution in [2.24, 2.45) is 5.92 Å². The predicted molar refractivity (Wildman–Crippen MR) is 121 cm³/mol. The third-order valence-electron chi connectivity index (χ3n) is 5.55. The Morgan fingerprint density at radius 3 is 2.77 bits per heavy atom. The van der Waals surface area contributed by atoms with Crippen LogP contribution in [0, 0.1) is 18.7 Å². The van der Waals surface area contributed by atoms with Crippen LogP contribution in [0.3, 0.4) is 0 Å². The van der Waals surface area contributed by atoms with E-state index in [-0.39, 0.29) is 17.8 Å². The minimum absolute atomic E-state index is 0.0394. The highest BCUT2D eigenvalue weighted by Crippen LogP contribution is 2.33. The lowest BCUT2D eigenvalue weighted by molar-refractivity contribution is 0.0535. The van der Waals surface area contributed by atoms with Gasteiger partial charge in [-0.15, -0.1) is 11.3 Å². The molecule has 4 rings (SSSR count). The first-order chi connectivity index (χ1) is 14.9. The number of likely N-dealkylation sites (tertiary alicyclic amines) is 1. The monoisotopic (exact) mass is 459 g/mol. The van der Waals surface area contributed by atoms with E-state index in [1.165, 1.54) is 29.7 Å². The molecule has 0 radical (unpaired) electrons. The summed E-state index contributed by atoms with van der Waals surface area (Å²) in [5, 5.41) is 4.35. The molecule has 1 aliphatic heterocycles. The molecule has 1 N–H and O–H groups in total. The van der Waals surface area contributed by atoms with Gasteiger partial charge in [0.05, 0.1) is 15.9 Å². The van der Waals surface area contributed by atoms with Crippen LogP contribution in [0.2, 0.25) is 5.15 Å². The Bertz CT molecular complexity index is 1070. The maximum absolute atomic E-state index is 13.6. The Morgan fingerprint density at radius 1 is 1.29 bits per heavy atom. The standard InChI is InChI=1S/C22H23ClFN5OS/c1-13-4-3-11-29(17(13)12-27-21-20(23)25-9-10-26-21)22(30)18-19(31-14(2)28-18)15-5-7-16(24)8-6-15/h5-10,13,17H,3-4,11-12H2,1-2H3,(H,26,27)/t13-,17?/m1/s1. The van der Waals surface area contributed by atoms with Gasteiger partial charge in [-0.25, -0.2) is 19.3 Å². The molecule has 0 spiro atoms. The van der Waals surface area contributed by atoms with E-state index < -0.39 is 0 Å². The quantitative estimate of drug-likeness (QED) is 0.577. The molecule has 9 heteroatoms. The number of hydrogen-bond donors (Lipinski definition) is 1. The second kappa shape index (κ2) is 9.28. The van der Waals surface area contributed by atoms with Crippen LogP contribution in [-0.2, 0) is 0 Å². The van der Waals surface area contributed by atoms with Gasteiger partial charge in [0.25, 0.3) is 5.91 Å². The van der Waals surface area contributed by atoms with Crippen LogP contribution < -0.4 is 5.32 Å². The van der Waals surface area contributed by atoms with Crippen molar-refractivity contribution in [3.63, 3.8) is 0 Å². The highest BCUT2D eigenvalue weighted by Gasteiger charge is 2.34. The lowest BCUT2D eigenvalue weighted by Gasteiger charge is -2.40. The molecular weight excluding hydrogens is 437 g/mol. The van der Waals surface area contributed by atoms with Crippen molar-refractivity contribution in [1.29, 1.82) is 0 Å². The number of carbonyl (C=O) groups excluding carboxylic acids is 1. The lowest BCUT2D eigenvalue weighted by Crippen LogP contribution is -2.51. The minimum atomic E-state index is -0.309. The van der Waals surface area contributed by atoms with Gasteiger partial charge >= 0.3 is 0 Å². The van der Waals surface area contributed by atoms with Crippen molar-refractivity contribution >= 4 is 34.7 Å². The number of amides is 1. The molecule has 3 heterocycles. The number of halogens is 2. The molecule has 2 aromatic heterocycles. The van der Waals surface area contributed by atoms with E-state index in [1.54, 1.807) is 18.3 Å². The van der Waals surface area contributed by atoms with Gasteiger partial charge in [0.15, 0.2) is 11.0 Å². The summed E-state index contributed by atoms with van der Waals surface area (Å²) >= 11 is 7.57. The van der Waals surface area contributed by atoms with Gasteiger partial charge in [0.1, 0.15) is 11.5 Å². The normalized spacial score (nSPS) is 18.8. The van der Waals surface area contributed by atoms with Crippen molar-refractivity contribution < 1.29 is 9.18 Å². The van der Waals surface area contributed by atoms with E-state index in [9.17, 15) is 9.18 Å². The van der Waals surface area contributed by atoms with E-state index in [1.807, 2.05) is 11.8 Å². The second-order valence-electron chi connectivity index (χ2n) is 7.68. The van der Waals surface area contributed by atoms with E-state index in [4.69, 9.17) is 11.6 Å². The largest absolute Gasteiger partial charge is 0.365 e. The van der Waals surface area contributed by atoms with E-state index in [2.05, 4.69) is 27.2 Å². The fourth-order valence-electron chi connectivity index (χ4n) is 3.96. The molecule has 1 fully saturated rings. The van der Waals surface area contributed by atoms with Gasteiger partial charge in [0.2, 0.25) is 0 Å². The van der Waals surface area contributed by atoms with Gasteiger partial charge in [-0.3, -0.25) is 4.79 Å². The molecule has 0 saturated carbocycles. The van der Waals surface area contributed by atoms with Crippen LogP contribution in [-0.4, -0.2) is 44.9 Å². The maximum atomic E-state index is 13.6. The Balaban J connectivity index is 1.60. The van der Waals surface area contributed by atoms with Crippen LogP contribution in [0.1, 0.15) is 35.3 Å². The van der Waals surface area contributed by atoms with Crippen LogP contribution in [0.15, 0.2) is 36.7 Å². The van der Waals surface area contributed by atoms with Crippen LogP contribution in [0.4, 0.5) is 10.2 Å². The molecule has 2 atom stereocenters. The number of hydrogen-bond acceptors (Lipinski definition) is 6. The number of piperidine rings is 1. The first kappa shape index (κ1) is 21.6. The highest BCUT2D eigenvalue weighted by molar-refractivity contribution is 7.15. The van der Waals surface area contributed by atoms with Gasteiger partial charge in [-0.05, 0) is 43.4 Å². The molecule has 3 aromatic rings. The molecule has 1 saturated heterocycles. The highest BCUT2D eigenvalue weighted by atomic mass is 35.5. The number of benzene rings is 1. The average Bonchev–Trinajstić information content (AvgIpc) is 3.15. The molecular formula is C22H23ClFN5OS. The Hall–Kier alpha value is -2.58. The van der Waals surface area contributed by atoms with Crippen LogP contribution in [0.25, 0.3) is 10.4 Å². The molecule has 1 aromatic carbocycles. The first-order valence-electron chi connectivity index (χ1n) is 10.2. The number of nitrogens with zero attached hydrogens (tertiary/aromatic N) is 4. The number of anilines is 1. The molecule has 31 heavy (non-hydrogen) atoms. The van der Waals surface area contributed by atoms with Gasteiger partial charge in [-0.1, -0.05) is 30.7 Å². The van der Waals surface area contributed by atoms with E-state index >= 15 is 0 Å². The Kier molecular flexibility index (Phi) is 6.48. The average molecular weight is 460 g/mol. The van der Waals surface area contributed by atoms with Crippen molar-refractivity contribution in [3.05, 3.63) is 58.3 Å². The van der Waals surface area contributed by atoms with Crippen LogP contribution in [0.5, 0.6) is 0 Å². The number of aromatic nitrogens is 3. The zero-order valence-electron chi connectivity index (χ0n) is 17.3. The number of rotatable bonds is 5. The first-order valence-corrected chi connectivity index (χ1v) is 11.4. The van der Waals surface area contributed by atoms with Gasteiger partial charge in [-0.2, -0.15) is 0 Å². The van der Waals surface area contributed by atoms with E-state index in [0.717, 1.165) is 28.3 Å². The fraction of sp³-hybridized carbons (Fsp3) is 0.364. The van der Waals surface area contributed by atoms with Gasteiger partial charge in [0, 0.05) is 25.5 Å². The summed E-state index contributed by atoms with van der Waals surface area (Å²) in [6.07, 6.45) is 5.08. The molecule has 1 amide bonds. The maximum Gasteiger partial charge on any atom is 0.274 e. The van der Waals surface area contributed by atoms with Crippen molar-refractivity contribution in [3.8, 4) is 10.4 Å². The number of carbonyl (C=O) groups is 1. The Morgan fingerprint density at radius 2 is 2.03 bits per heavy atom. The van der Waals surface area contributed by atoms with Crippen molar-refractivity contribution in [2.75, 3.05) is 18.4 Å². The molecule has 0 aliphatic carbocycles. The number of aryl methyl sites for hydroxylation is 1. The SMILES string of the molecule is Cc1nc(C(=O)N2CCC[C@@H](C)C2CNc2nccnc2Cl)c(-c2ccc(F)cc2)s1. The van der Waals surface area contributed by atoms with Crippen LogP contribution >= 0.6 is 22.9 Å². The summed E-state index contributed by atoms with van der Waals surface area (Å²) < 4.78 is 13.4. The third-order valence-corrected chi connectivity index (χ3v) is 6.85. The summed E-state index contributed by atoms with van der Waals surface area (Å²) in [6.45, 7) is 5.20. The molecule has 6 nitrogen and oxygen atoms in total. The summed E-state index contributed by atoms with van der Waals surface area (Å²) in [5.74, 6) is 0.393. The van der Waals surface area contributed by atoms with Crippen molar-refractivity contribution in [2.45, 2.75) is 32.7 Å². The lowest BCUT2D eigenvalue weighted by atomic mass is 9.90. The molecule has 162 valence electrons. The molecule has 1 aliphatic rings. The minimum Gasteiger partial charge on any atom is -0.365 e. The predicted octanol–water partition coefficient (Wildman–Crippen LogP) is 5.05. The Labute approximate surface area is 189 Å². The zero-order chi connectivity index (χ0) is 22.0. The summed E-state index contributed by atoms with van der Waals surface area (Å²) in [6, 6.07) is 6.14. The third kappa shape index (κ3) is 4.70.